The third-order valence-electron chi connectivity index (χ3n) is 0.586. The van der Waals surface area contributed by atoms with Crippen LogP contribution in [0.4, 0.5) is 0 Å². The summed E-state index contributed by atoms with van der Waals surface area (Å²) in [6.45, 7) is 0.833. The summed E-state index contributed by atoms with van der Waals surface area (Å²) in [4.78, 5) is 14.9. The monoisotopic (exact) mass is 221 g/mol. The fourth-order valence-electron chi connectivity index (χ4n) is 0.283. The van der Waals surface area contributed by atoms with Crippen LogP contribution in [0.3, 0.4) is 0 Å². The summed E-state index contributed by atoms with van der Waals surface area (Å²) < 4.78 is 0. The topological polar surface area (TPSA) is 165 Å². The lowest BCUT2D eigenvalue weighted by Crippen LogP contribution is -1.78. The number of hydrogen-bond acceptors (Lipinski definition) is 11. The molecule has 78 valence electrons. The molecule has 0 saturated heterocycles. The summed E-state index contributed by atoms with van der Waals surface area (Å²) >= 11 is 0. The Kier molecular flexibility index (Phi) is 8.89. The van der Waals surface area contributed by atoms with E-state index in [1.807, 2.05) is 0 Å². The number of nitrogens with zero attached hydrogens (tertiary/aromatic N) is 8. The van der Waals surface area contributed by atoms with Crippen LogP contribution >= 0.6 is 8.53 Å². The summed E-state index contributed by atoms with van der Waals surface area (Å²) in [5, 5.41) is 26.2. The van der Waals surface area contributed by atoms with Gasteiger partial charge in [0.15, 0.2) is 13.3 Å². The van der Waals surface area contributed by atoms with Gasteiger partial charge in [-0.05, 0) is 20.9 Å². The standard InChI is InChI=1S/2CH2N4.H4NO2P/c2*1-2-4-5-3-1;1-4(2)3/h2*1H2;2-3H,1H2. The van der Waals surface area contributed by atoms with Crippen molar-refractivity contribution < 1.29 is 9.79 Å². The Balaban J connectivity index is 0.000000183. The van der Waals surface area contributed by atoms with E-state index < -0.39 is 8.53 Å². The molecule has 0 unspecified atom stereocenters. The van der Waals surface area contributed by atoms with Gasteiger partial charge in [-0.2, -0.15) is 0 Å². The molecule has 0 bridgehead atoms. The van der Waals surface area contributed by atoms with Gasteiger partial charge in [0, 0.05) is 0 Å². The fourth-order valence-corrected chi connectivity index (χ4v) is 0.283. The van der Waals surface area contributed by atoms with Gasteiger partial charge < -0.3 is 9.79 Å². The predicted molar refractivity (Wildman–Crippen MR) is 44.7 cm³/mol. The van der Waals surface area contributed by atoms with Gasteiger partial charge in [-0.25, -0.2) is 0 Å². The van der Waals surface area contributed by atoms with E-state index in [2.05, 4.69) is 46.9 Å². The second-order valence-electron chi connectivity index (χ2n) is 1.53. The molecule has 0 aromatic rings. The van der Waals surface area contributed by atoms with Crippen LogP contribution in [0.1, 0.15) is 0 Å². The van der Waals surface area contributed by atoms with Crippen molar-refractivity contribution >= 4 is 8.53 Å². The van der Waals surface area contributed by atoms with E-state index in [4.69, 9.17) is 9.79 Å². The zero-order valence-electron chi connectivity index (χ0n) is 6.91. The van der Waals surface area contributed by atoms with Crippen LogP contribution in [0.5, 0.6) is 0 Å². The van der Waals surface area contributed by atoms with Crippen LogP contribution < -0.4 is 5.50 Å². The molecule has 0 amide bonds. The van der Waals surface area contributed by atoms with Crippen LogP contribution in [0.2, 0.25) is 0 Å². The molecule has 0 fully saturated rings. The highest BCUT2D eigenvalue weighted by Gasteiger charge is 1.77. The molecular weight excluding hydrogens is 213 g/mol. The van der Waals surface area contributed by atoms with E-state index in [1.54, 1.807) is 0 Å². The molecule has 0 aliphatic carbocycles. The van der Waals surface area contributed by atoms with E-state index >= 15 is 0 Å². The van der Waals surface area contributed by atoms with Crippen molar-refractivity contribution in [1.29, 1.82) is 0 Å². The first-order valence-corrected chi connectivity index (χ1v) is 4.44. The fraction of sp³-hybridized carbons (Fsp3) is 1.00. The number of nitrogens with two attached hydrogens (primary N) is 1. The molecular formula is C2H8N9O2P. The maximum absolute atomic E-state index is 7.45. The zero-order chi connectivity index (χ0) is 10.6. The van der Waals surface area contributed by atoms with Gasteiger partial charge in [0.05, 0.1) is 0 Å². The lowest BCUT2D eigenvalue weighted by molar-refractivity contribution is 0.485. The molecule has 0 aromatic heterocycles. The van der Waals surface area contributed by atoms with Crippen LogP contribution in [-0.2, 0) is 0 Å². The molecule has 2 aliphatic heterocycles. The highest BCUT2D eigenvalue weighted by molar-refractivity contribution is 7.42. The molecule has 4 N–H and O–H groups in total. The Morgan fingerprint density at radius 2 is 1.00 bits per heavy atom. The predicted octanol–water partition coefficient (Wildman–Crippen LogP) is 0.710. The molecule has 0 atom stereocenters. The average Bonchev–Trinajstić information content (AvgIpc) is 2.83. The summed E-state index contributed by atoms with van der Waals surface area (Å²) in [6, 6.07) is 0. The molecule has 0 saturated carbocycles. The summed E-state index contributed by atoms with van der Waals surface area (Å²) in [7, 11) is -2.12. The Morgan fingerprint density at radius 1 is 0.786 bits per heavy atom. The minimum absolute atomic E-state index is 0.417. The van der Waals surface area contributed by atoms with Crippen molar-refractivity contribution in [3.05, 3.63) is 0 Å². The average molecular weight is 221 g/mol. The highest BCUT2D eigenvalue weighted by Crippen LogP contribution is 2.05. The number of hydrogen-bond donors (Lipinski definition) is 3. The maximum atomic E-state index is 7.45. The lowest BCUT2D eigenvalue weighted by atomic mass is 11.2. The molecule has 0 radical (unpaired) electrons. The van der Waals surface area contributed by atoms with Crippen LogP contribution in [-0.4, -0.2) is 23.1 Å². The summed E-state index contributed by atoms with van der Waals surface area (Å²) in [6.07, 6.45) is 0. The van der Waals surface area contributed by atoms with E-state index in [9.17, 15) is 0 Å². The van der Waals surface area contributed by atoms with Crippen molar-refractivity contribution in [2.45, 2.75) is 0 Å². The maximum Gasteiger partial charge on any atom is 0.247 e. The summed E-state index contributed by atoms with van der Waals surface area (Å²) in [5.41, 5.74) is 4.29. The third-order valence-corrected chi connectivity index (χ3v) is 0.586. The van der Waals surface area contributed by atoms with Crippen LogP contribution in [0.15, 0.2) is 41.4 Å². The third kappa shape index (κ3) is 13.3. The molecule has 0 spiro atoms. The highest BCUT2D eigenvalue weighted by atomic mass is 31.2. The Bertz CT molecular complexity index is 190. The molecule has 14 heavy (non-hydrogen) atoms. The molecule has 0 aromatic carbocycles. The first-order valence-electron chi connectivity index (χ1n) is 3.12. The molecule has 2 rings (SSSR count). The van der Waals surface area contributed by atoms with Gasteiger partial charge in [0.1, 0.15) is 0 Å². The molecule has 2 heterocycles. The van der Waals surface area contributed by atoms with E-state index in [-0.39, 0.29) is 0 Å². The number of rotatable bonds is 0. The van der Waals surface area contributed by atoms with Gasteiger partial charge in [0.25, 0.3) is 0 Å². The van der Waals surface area contributed by atoms with Gasteiger partial charge in [-0.15, -0.1) is 20.5 Å². The zero-order valence-corrected chi connectivity index (χ0v) is 7.81. The SMILES string of the molecule is C1N=NN=N1.C1N=NN=N1.NP(O)O. The van der Waals surface area contributed by atoms with E-state index in [0.29, 0.717) is 13.3 Å². The van der Waals surface area contributed by atoms with Gasteiger partial charge in [-0.1, -0.05) is 0 Å². The van der Waals surface area contributed by atoms with E-state index in [1.165, 1.54) is 0 Å². The smallest absolute Gasteiger partial charge is 0.247 e. The van der Waals surface area contributed by atoms with Gasteiger partial charge in [-0.3, -0.25) is 5.50 Å². The van der Waals surface area contributed by atoms with Gasteiger partial charge in [0.2, 0.25) is 8.53 Å². The molecule has 2 aliphatic rings. The largest absolute Gasteiger partial charge is 0.338 e. The minimum Gasteiger partial charge on any atom is -0.338 e. The lowest BCUT2D eigenvalue weighted by Gasteiger charge is -1.79. The molecule has 12 heteroatoms. The first kappa shape index (κ1) is 12.7. The first-order chi connectivity index (χ1) is 6.73. The van der Waals surface area contributed by atoms with Crippen molar-refractivity contribution in [1.82, 2.24) is 0 Å². The van der Waals surface area contributed by atoms with Crippen molar-refractivity contribution in [2.75, 3.05) is 13.3 Å². The van der Waals surface area contributed by atoms with Crippen LogP contribution in [0, 0.1) is 0 Å². The van der Waals surface area contributed by atoms with Crippen molar-refractivity contribution in [3.63, 3.8) is 0 Å². The van der Waals surface area contributed by atoms with Crippen molar-refractivity contribution in [2.24, 2.45) is 46.9 Å². The minimum atomic E-state index is -2.12. The Labute approximate surface area is 79.5 Å². The van der Waals surface area contributed by atoms with Crippen molar-refractivity contribution in [3.8, 4) is 0 Å². The quantitative estimate of drug-likeness (QED) is 0.513. The Morgan fingerprint density at radius 3 is 1.07 bits per heavy atom. The van der Waals surface area contributed by atoms with Crippen LogP contribution in [0.25, 0.3) is 0 Å². The van der Waals surface area contributed by atoms with E-state index in [0.717, 1.165) is 0 Å². The summed E-state index contributed by atoms with van der Waals surface area (Å²) in [5.74, 6) is 0. The normalized spacial score (nSPS) is 15.1. The second-order valence-corrected chi connectivity index (χ2v) is 2.17. The van der Waals surface area contributed by atoms with Gasteiger partial charge >= 0.3 is 0 Å². The second kappa shape index (κ2) is 9.80. The Hall–Kier alpha value is -1.29. The molecule has 11 nitrogen and oxygen atoms in total.